The Labute approximate surface area is 160 Å². The van der Waals surface area contributed by atoms with Gasteiger partial charge in [0.05, 0.1) is 24.9 Å². The van der Waals surface area contributed by atoms with Crippen molar-refractivity contribution in [3.8, 4) is 0 Å². The first kappa shape index (κ1) is 19.4. The first-order valence-corrected chi connectivity index (χ1v) is 9.45. The van der Waals surface area contributed by atoms with Gasteiger partial charge in [-0.05, 0) is 18.1 Å². The normalized spacial score (nSPS) is 16.7. The SMILES string of the molecule is CN(C)C(=O)NCCC1CN(CCOCc2ccccc2)Cc2ccnn21. The third-order valence-electron chi connectivity index (χ3n) is 4.78. The molecule has 0 aliphatic carbocycles. The fourth-order valence-electron chi connectivity index (χ4n) is 3.31. The lowest BCUT2D eigenvalue weighted by molar-refractivity contribution is 0.0744. The van der Waals surface area contributed by atoms with Crippen LogP contribution < -0.4 is 5.32 Å². The van der Waals surface area contributed by atoms with E-state index in [2.05, 4.69) is 38.2 Å². The lowest BCUT2D eigenvalue weighted by Gasteiger charge is -2.34. The van der Waals surface area contributed by atoms with Gasteiger partial charge >= 0.3 is 6.03 Å². The fraction of sp³-hybridized carbons (Fsp3) is 0.500. The number of carbonyl (C=O) groups is 1. The van der Waals surface area contributed by atoms with Gasteiger partial charge in [0.15, 0.2) is 0 Å². The van der Waals surface area contributed by atoms with Crippen molar-refractivity contribution in [2.24, 2.45) is 0 Å². The number of aromatic nitrogens is 2. The number of amides is 2. The highest BCUT2D eigenvalue weighted by atomic mass is 16.5. The largest absolute Gasteiger partial charge is 0.375 e. The van der Waals surface area contributed by atoms with Gasteiger partial charge in [-0.1, -0.05) is 30.3 Å². The monoisotopic (exact) mass is 371 g/mol. The molecule has 7 heteroatoms. The van der Waals surface area contributed by atoms with E-state index in [-0.39, 0.29) is 12.1 Å². The molecule has 1 aliphatic heterocycles. The Kier molecular flexibility index (Phi) is 6.84. The predicted molar refractivity (Wildman–Crippen MR) is 104 cm³/mol. The fourth-order valence-corrected chi connectivity index (χ4v) is 3.31. The Morgan fingerprint density at radius 2 is 2.11 bits per heavy atom. The number of carbonyl (C=O) groups excluding carboxylic acids is 1. The molecule has 146 valence electrons. The highest BCUT2D eigenvalue weighted by molar-refractivity contribution is 5.73. The maximum atomic E-state index is 11.7. The molecule has 1 aliphatic rings. The molecule has 0 fully saturated rings. The summed E-state index contributed by atoms with van der Waals surface area (Å²) < 4.78 is 7.94. The van der Waals surface area contributed by atoms with Crippen LogP contribution >= 0.6 is 0 Å². The Bertz CT molecular complexity index is 716. The van der Waals surface area contributed by atoms with E-state index in [1.807, 2.05) is 24.4 Å². The summed E-state index contributed by atoms with van der Waals surface area (Å²) in [6.45, 7) is 4.67. The number of benzene rings is 1. The quantitative estimate of drug-likeness (QED) is 0.722. The van der Waals surface area contributed by atoms with Crippen LogP contribution in [0.1, 0.15) is 23.7 Å². The topological polar surface area (TPSA) is 62.6 Å². The van der Waals surface area contributed by atoms with Gasteiger partial charge in [-0.3, -0.25) is 9.58 Å². The van der Waals surface area contributed by atoms with E-state index in [9.17, 15) is 4.79 Å². The zero-order valence-electron chi connectivity index (χ0n) is 16.2. The number of hydrogen-bond acceptors (Lipinski definition) is 4. The third-order valence-corrected chi connectivity index (χ3v) is 4.78. The Morgan fingerprint density at radius 3 is 2.89 bits per heavy atom. The van der Waals surface area contributed by atoms with Crippen molar-refractivity contribution in [2.45, 2.75) is 25.6 Å². The van der Waals surface area contributed by atoms with Crippen LogP contribution in [0.25, 0.3) is 0 Å². The van der Waals surface area contributed by atoms with E-state index in [0.717, 1.165) is 26.1 Å². The van der Waals surface area contributed by atoms with E-state index >= 15 is 0 Å². The van der Waals surface area contributed by atoms with Crippen molar-refractivity contribution < 1.29 is 9.53 Å². The summed E-state index contributed by atoms with van der Waals surface area (Å²) in [5.41, 5.74) is 2.41. The lowest BCUT2D eigenvalue weighted by atomic mass is 10.1. The number of nitrogens with one attached hydrogen (secondary N) is 1. The summed E-state index contributed by atoms with van der Waals surface area (Å²) in [7, 11) is 3.50. The molecule has 0 spiro atoms. The first-order valence-electron chi connectivity index (χ1n) is 9.45. The summed E-state index contributed by atoms with van der Waals surface area (Å²) in [5, 5.41) is 7.42. The molecular weight excluding hydrogens is 342 g/mol. The molecule has 0 bridgehead atoms. The highest BCUT2D eigenvalue weighted by Crippen LogP contribution is 2.22. The molecule has 1 aromatic heterocycles. The van der Waals surface area contributed by atoms with Crippen LogP contribution in [0.2, 0.25) is 0 Å². The van der Waals surface area contributed by atoms with Crippen molar-refractivity contribution in [2.75, 3.05) is 40.3 Å². The second-order valence-corrected chi connectivity index (χ2v) is 7.11. The zero-order chi connectivity index (χ0) is 19.1. The van der Waals surface area contributed by atoms with Gasteiger partial charge in [-0.15, -0.1) is 0 Å². The molecule has 2 heterocycles. The predicted octanol–water partition coefficient (Wildman–Crippen LogP) is 2.12. The molecule has 1 atom stereocenters. The number of rotatable bonds is 8. The van der Waals surface area contributed by atoms with Gasteiger partial charge < -0.3 is 15.0 Å². The average molecular weight is 371 g/mol. The number of urea groups is 1. The smallest absolute Gasteiger partial charge is 0.316 e. The van der Waals surface area contributed by atoms with E-state index in [1.54, 1.807) is 19.0 Å². The Hall–Kier alpha value is -2.38. The molecule has 2 aromatic rings. The van der Waals surface area contributed by atoms with E-state index < -0.39 is 0 Å². The van der Waals surface area contributed by atoms with Crippen molar-refractivity contribution in [1.82, 2.24) is 24.9 Å². The molecule has 3 rings (SSSR count). The minimum absolute atomic E-state index is 0.0577. The molecule has 27 heavy (non-hydrogen) atoms. The summed E-state index contributed by atoms with van der Waals surface area (Å²) >= 11 is 0. The van der Waals surface area contributed by atoms with Gasteiger partial charge in [0, 0.05) is 46.5 Å². The first-order chi connectivity index (χ1) is 13.1. The maximum absolute atomic E-state index is 11.7. The number of nitrogens with zero attached hydrogens (tertiary/aromatic N) is 4. The van der Waals surface area contributed by atoms with Crippen LogP contribution in [-0.2, 0) is 17.9 Å². The highest BCUT2D eigenvalue weighted by Gasteiger charge is 2.25. The molecule has 0 saturated carbocycles. The maximum Gasteiger partial charge on any atom is 0.316 e. The van der Waals surface area contributed by atoms with Gasteiger partial charge in [0.2, 0.25) is 0 Å². The van der Waals surface area contributed by atoms with E-state index in [4.69, 9.17) is 4.74 Å². The summed E-state index contributed by atoms with van der Waals surface area (Å²) in [5.74, 6) is 0. The van der Waals surface area contributed by atoms with Gasteiger partial charge in [-0.2, -0.15) is 5.10 Å². The van der Waals surface area contributed by atoms with Gasteiger partial charge in [0.25, 0.3) is 0 Å². The van der Waals surface area contributed by atoms with Gasteiger partial charge in [0.1, 0.15) is 0 Å². The van der Waals surface area contributed by atoms with Crippen LogP contribution in [-0.4, -0.2) is 65.9 Å². The van der Waals surface area contributed by atoms with E-state index in [0.29, 0.717) is 19.8 Å². The second kappa shape index (κ2) is 9.53. The lowest BCUT2D eigenvalue weighted by Crippen LogP contribution is -2.41. The Balaban J connectivity index is 1.46. The van der Waals surface area contributed by atoms with Crippen LogP contribution in [0.3, 0.4) is 0 Å². The molecule has 1 aromatic carbocycles. The zero-order valence-corrected chi connectivity index (χ0v) is 16.2. The Morgan fingerprint density at radius 1 is 1.30 bits per heavy atom. The molecular formula is C20H29N5O2. The minimum atomic E-state index is -0.0577. The molecule has 1 unspecified atom stereocenters. The average Bonchev–Trinajstić information content (AvgIpc) is 3.14. The van der Waals surface area contributed by atoms with Crippen LogP contribution in [0.4, 0.5) is 4.79 Å². The summed E-state index contributed by atoms with van der Waals surface area (Å²) in [4.78, 5) is 15.7. The third kappa shape index (κ3) is 5.55. The molecule has 1 N–H and O–H groups in total. The van der Waals surface area contributed by atoms with Crippen LogP contribution in [0.15, 0.2) is 42.6 Å². The second-order valence-electron chi connectivity index (χ2n) is 7.11. The van der Waals surface area contributed by atoms with Crippen molar-refractivity contribution in [3.05, 3.63) is 53.9 Å². The van der Waals surface area contributed by atoms with Crippen molar-refractivity contribution in [3.63, 3.8) is 0 Å². The summed E-state index contributed by atoms with van der Waals surface area (Å²) in [6, 6.07) is 12.5. The van der Waals surface area contributed by atoms with E-state index in [1.165, 1.54) is 11.3 Å². The standard InChI is InChI=1S/C20H29N5O2/c1-23(2)20(26)21-10-8-18-14-24(15-19-9-11-22-25(18)19)12-13-27-16-17-6-4-3-5-7-17/h3-7,9,11,18H,8,10,12-16H2,1-2H3,(H,21,26). The minimum Gasteiger partial charge on any atom is -0.375 e. The van der Waals surface area contributed by atoms with Crippen molar-refractivity contribution in [1.29, 1.82) is 0 Å². The number of ether oxygens (including phenoxy) is 1. The van der Waals surface area contributed by atoms with Crippen molar-refractivity contribution >= 4 is 6.03 Å². The number of fused-ring (bicyclic) bond motifs is 1. The van der Waals surface area contributed by atoms with Crippen LogP contribution in [0.5, 0.6) is 0 Å². The molecule has 0 radical (unpaired) electrons. The molecule has 0 saturated heterocycles. The summed E-state index contributed by atoms with van der Waals surface area (Å²) in [6.07, 6.45) is 2.71. The van der Waals surface area contributed by atoms with Gasteiger partial charge in [-0.25, -0.2) is 4.79 Å². The number of hydrogen-bond donors (Lipinski definition) is 1. The van der Waals surface area contributed by atoms with Crippen LogP contribution in [0, 0.1) is 0 Å². The molecule has 7 nitrogen and oxygen atoms in total. The molecule has 2 amide bonds.